The van der Waals surface area contributed by atoms with Crippen molar-refractivity contribution in [2.75, 3.05) is 19.6 Å². The summed E-state index contributed by atoms with van der Waals surface area (Å²) >= 11 is 1.79. The second-order valence-electron chi connectivity index (χ2n) is 6.70. The van der Waals surface area contributed by atoms with Crippen molar-refractivity contribution in [1.29, 1.82) is 0 Å². The number of rotatable bonds is 5. The Kier molecular flexibility index (Phi) is 6.83. The summed E-state index contributed by atoms with van der Waals surface area (Å²) < 4.78 is 1.33. The Labute approximate surface area is 170 Å². The van der Waals surface area contributed by atoms with E-state index in [0.717, 1.165) is 38.0 Å². The molecule has 3 heterocycles. The van der Waals surface area contributed by atoms with E-state index in [1.165, 1.54) is 15.6 Å². The summed E-state index contributed by atoms with van der Waals surface area (Å²) in [7, 11) is 0. The minimum atomic E-state index is 0. The summed E-state index contributed by atoms with van der Waals surface area (Å²) in [5.41, 5.74) is 2.47. The quantitative estimate of drug-likeness (QED) is 0.696. The Hall–Kier alpha value is -1.95. The van der Waals surface area contributed by atoms with Crippen molar-refractivity contribution in [1.82, 2.24) is 15.2 Å². The summed E-state index contributed by atoms with van der Waals surface area (Å²) in [5, 5.41) is 6.96. The number of aromatic nitrogens is 1. The van der Waals surface area contributed by atoms with Crippen molar-refractivity contribution >= 4 is 39.7 Å². The van der Waals surface area contributed by atoms with E-state index in [0.29, 0.717) is 6.42 Å². The molecule has 1 N–H and O–H groups in total. The first-order valence-corrected chi connectivity index (χ1v) is 10.1. The van der Waals surface area contributed by atoms with Crippen LogP contribution in [0.1, 0.15) is 30.0 Å². The molecule has 4 rings (SSSR count). The van der Waals surface area contributed by atoms with Gasteiger partial charge in [-0.15, -0.1) is 23.7 Å². The van der Waals surface area contributed by atoms with Crippen molar-refractivity contribution < 1.29 is 4.79 Å². The van der Waals surface area contributed by atoms with Crippen LogP contribution in [0.25, 0.3) is 10.1 Å². The summed E-state index contributed by atoms with van der Waals surface area (Å²) in [6.07, 6.45) is 6.09. The first-order valence-electron chi connectivity index (χ1n) is 9.18. The molecular weight excluding hydrogens is 378 g/mol. The molecule has 2 aromatic heterocycles. The van der Waals surface area contributed by atoms with Crippen molar-refractivity contribution in [2.45, 2.75) is 25.3 Å². The lowest BCUT2D eigenvalue weighted by atomic mass is 10.0. The summed E-state index contributed by atoms with van der Waals surface area (Å²) in [6, 6.07) is 12.6. The van der Waals surface area contributed by atoms with E-state index < -0.39 is 0 Å². The van der Waals surface area contributed by atoms with Crippen LogP contribution in [-0.2, 0) is 11.2 Å². The van der Waals surface area contributed by atoms with Gasteiger partial charge in [0.1, 0.15) is 0 Å². The van der Waals surface area contributed by atoms with Gasteiger partial charge in [-0.25, -0.2) is 0 Å². The molecule has 1 fully saturated rings. The van der Waals surface area contributed by atoms with Crippen LogP contribution >= 0.6 is 23.7 Å². The first kappa shape index (κ1) is 19.8. The van der Waals surface area contributed by atoms with Gasteiger partial charge in [0.25, 0.3) is 0 Å². The van der Waals surface area contributed by atoms with E-state index in [9.17, 15) is 4.79 Å². The molecule has 1 atom stereocenters. The van der Waals surface area contributed by atoms with Crippen LogP contribution in [0.15, 0.2) is 54.2 Å². The molecule has 6 heteroatoms. The smallest absolute Gasteiger partial charge is 0.223 e. The predicted octanol–water partition coefficient (Wildman–Crippen LogP) is 4.21. The van der Waals surface area contributed by atoms with Crippen LogP contribution in [0.4, 0.5) is 0 Å². The molecule has 4 nitrogen and oxygen atoms in total. The molecule has 1 aromatic carbocycles. The van der Waals surface area contributed by atoms with Crippen molar-refractivity contribution in [2.24, 2.45) is 0 Å². The summed E-state index contributed by atoms with van der Waals surface area (Å²) in [5.74, 6) is 0.250. The van der Waals surface area contributed by atoms with Crippen LogP contribution < -0.4 is 5.32 Å². The van der Waals surface area contributed by atoms with E-state index in [2.05, 4.69) is 46.0 Å². The highest BCUT2D eigenvalue weighted by atomic mass is 35.5. The van der Waals surface area contributed by atoms with Gasteiger partial charge >= 0.3 is 0 Å². The Morgan fingerprint density at radius 2 is 2.15 bits per heavy atom. The number of halogens is 1. The number of thiophene rings is 1. The second-order valence-corrected chi connectivity index (χ2v) is 7.62. The number of nitrogens with one attached hydrogen (secondary N) is 1. The van der Waals surface area contributed by atoms with E-state index in [1.54, 1.807) is 17.5 Å². The third-order valence-corrected chi connectivity index (χ3v) is 6.04. The van der Waals surface area contributed by atoms with Gasteiger partial charge in [-0.05, 0) is 46.9 Å². The predicted molar refractivity (Wildman–Crippen MR) is 114 cm³/mol. The van der Waals surface area contributed by atoms with Gasteiger partial charge in [-0.1, -0.05) is 24.3 Å². The monoisotopic (exact) mass is 401 g/mol. The molecule has 0 saturated carbocycles. The van der Waals surface area contributed by atoms with Gasteiger partial charge in [-0.2, -0.15) is 0 Å². The maximum absolute atomic E-state index is 12.9. The van der Waals surface area contributed by atoms with Crippen molar-refractivity contribution in [3.63, 3.8) is 0 Å². The molecular formula is C21H24ClN3OS. The Morgan fingerprint density at radius 3 is 3.00 bits per heavy atom. The molecule has 1 unspecified atom stereocenters. The highest BCUT2D eigenvalue weighted by Crippen LogP contribution is 2.27. The molecule has 0 aliphatic carbocycles. The van der Waals surface area contributed by atoms with Gasteiger partial charge in [0.15, 0.2) is 0 Å². The lowest BCUT2D eigenvalue weighted by molar-refractivity contribution is -0.134. The fourth-order valence-corrected chi connectivity index (χ4v) is 4.67. The maximum atomic E-state index is 12.9. The number of benzene rings is 1. The number of hydrogen-bond acceptors (Lipinski definition) is 4. The van der Waals surface area contributed by atoms with Gasteiger partial charge in [0, 0.05) is 43.1 Å². The lowest BCUT2D eigenvalue weighted by Crippen LogP contribution is -2.48. The largest absolute Gasteiger partial charge is 0.333 e. The standard InChI is InChI=1S/C21H23N3OS.ClH/c25-21(9-3-5-17-15-26-20-8-2-1-7-18(17)20)24-12-11-23-14-19(24)16-6-4-10-22-13-16;/h1-2,4,6-8,10,13,15,19,23H,3,5,9,11-12,14H2;1H. The van der Waals surface area contributed by atoms with E-state index in [-0.39, 0.29) is 24.4 Å². The first-order chi connectivity index (χ1) is 12.8. The minimum Gasteiger partial charge on any atom is -0.333 e. The van der Waals surface area contributed by atoms with Crippen LogP contribution in [0.5, 0.6) is 0 Å². The average Bonchev–Trinajstić information content (AvgIpc) is 3.12. The van der Waals surface area contributed by atoms with Crippen molar-refractivity contribution in [3.05, 3.63) is 65.3 Å². The number of piperazine rings is 1. The zero-order valence-corrected chi connectivity index (χ0v) is 16.8. The van der Waals surface area contributed by atoms with Crippen LogP contribution in [-0.4, -0.2) is 35.4 Å². The highest BCUT2D eigenvalue weighted by molar-refractivity contribution is 7.17. The molecule has 0 spiro atoms. The molecule has 0 bridgehead atoms. The third-order valence-electron chi connectivity index (χ3n) is 5.03. The summed E-state index contributed by atoms with van der Waals surface area (Å²) in [4.78, 5) is 19.1. The van der Waals surface area contributed by atoms with Gasteiger partial charge in [-0.3, -0.25) is 9.78 Å². The Balaban J connectivity index is 0.00000210. The van der Waals surface area contributed by atoms with Crippen molar-refractivity contribution in [3.8, 4) is 0 Å². The lowest BCUT2D eigenvalue weighted by Gasteiger charge is -2.36. The number of aryl methyl sites for hydroxylation is 1. The molecule has 1 aliphatic rings. The highest BCUT2D eigenvalue weighted by Gasteiger charge is 2.27. The zero-order valence-electron chi connectivity index (χ0n) is 15.1. The van der Waals surface area contributed by atoms with Crippen LogP contribution in [0, 0.1) is 0 Å². The number of carbonyl (C=O) groups excluding carboxylic acids is 1. The minimum absolute atomic E-state index is 0. The molecule has 0 radical (unpaired) electrons. The Morgan fingerprint density at radius 1 is 1.26 bits per heavy atom. The zero-order chi connectivity index (χ0) is 17.8. The van der Waals surface area contributed by atoms with E-state index >= 15 is 0 Å². The number of pyridine rings is 1. The topological polar surface area (TPSA) is 45.2 Å². The third kappa shape index (κ3) is 4.49. The molecule has 142 valence electrons. The normalized spacial score (nSPS) is 16.9. The number of nitrogens with zero attached hydrogens (tertiary/aromatic N) is 2. The molecule has 1 aliphatic heterocycles. The Bertz CT molecular complexity index is 883. The number of amides is 1. The fourth-order valence-electron chi connectivity index (χ4n) is 3.67. The second kappa shape index (κ2) is 9.31. The molecule has 1 amide bonds. The fraction of sp³-hybridized carbons (Fsp3) is 0.333. The SMILES string of the molecule is Cl.O=C(CCCc1csc2ccccc12)N1CCNCC1c1cccnc1. The van der Waals surface area contributed by atoms with Gasteiger partial charge in [0.2, 0.25) is 5.91 Å². The van der Waals surface area contributed by atoms with Crippen LogP contribution in [0.3, 0.4) is 0 Å². The van der Waals surface area contributed by atoms with Gasteiger partial charge in [0.05, 0.1) is 6.04 Å². The number of hydrogen-bond donors (Lipinski definition) is 1. The van der Waals surface area contributed by atoms with Crippen LogP contribution in [0.2, 0.25) is 0 Å². The van der Waals surface area contributed by atoms with E-state index in [4.69, 9.17) is 0 Å². The molecule has 1 saturated heterocycles. The maximum Gasteiger partial charge on any atom is 0.223 e. The average molecular weight is 402 g/mol. The number of carbonyl (C=O) groups is 1. The van der Waals surface area contributed by atoms with E-state index in [1.807, 2.05) is 17.2 Å². The molecule has 27 heavy (non-hydrogen) atoms. The molecule has 3 aromatic rings. The summed E-state index contributed by atoms with van der Waals surface area (Å²) in [6.45, 7) is 2.42. The van der Waals surface area contributed by atoms with Gasteiger partial charge < -0.3 is 10.2 Å². The number of fused-ring (bicyclic) bond motifs is 1.